The molecule has 1 amide bonds. The van der Waals surface area contributed by atoms with E-state index in [1.54, 1.807) is 6.20 Å². The van der Waals surface area contributed by atoms with E-state index in [1.165, 1.54) is 81.6 Å². The van der Waals surface area contributed by atoms with Gasteiger partial charge in [0.25, 0.3) is 11.5 Å². The van der Waals surface area contributed by atoms with Gasteiger partial charge in [0.05, 0.1) is 30.1 Å². The highest BCUT2D eigenvalue weighted by Gasteiger charge is 2.30. The number of aromatic nitrogens is 4. The van der Waals surface area contributed by atoms with Crippen LogP contribution in [0.1, 0.15) is 60.0 Å². The molecule has 0 unspecified atom stereocenters. The van der Waals surface area contributed by atoms with Crippen molar-refractivity contribution in [2.24, 2.45) is 5.92 Å². The molecule has 0 atom stereocenters. The van der Waals surface area contributed by atoms with E-state index in [0.29, 0.717) is 17.6 Å². The van der Waals surface area contributed by atoms with E-state index in [2.05, 4.69) is 30.4 Å². The van der Waals surface area contributed by atoms with Crippen molar-refractivity contribution in [1.29, 1.82) is 0 Å². The Morgan fingerprint density at radius 1 is 0.872 bits per heavy atom. The Bertz CT molecular complexity index is 1800. The predicted molar refractivity (Wildman–Crippen MR) is 175 cm³/mol. The molecule has 2 aromatic carbocycles. The van der Waals surface area contributed by atoms with Gasteiger partial charge in [0.2, 0.25) is 0 Å². The van der Waals surface area contributed by atoms with Gasteiger partial charge in [0.1, 0.15) is 11.4 Å². The van der Waals surface area contributed by atoms with Gasteiger partial charge in [-0.2, -0.15) is 0 Å². The number of hydrogen-bond acceptors (Lipinski definition) is 8. The minimum Gasteiger partial charge on any atom is -0.366 e. The van der Waals surface area contributed by atoms with Crippen LogP contribution in [0.4, 0.5) is 14.6 Å². The number of hydrogen-bond donors (Lipinski definition) is 2. The number of carbonyl (C=O) groups is 1. The summed E-state index contributed by atoms with van der Waals surface area (Å²) >= 11 is 0. The maximum atomic E-state index is 13.6. The molecule has 0 radical (unpaired) electrons. The minimum atomic E-state index is -1.01. The van der Waals surface area contributed by atoms with Crippen LogP contribution in [-0.4, -0.2) is 80.0 Å². The van der Waals surface area contributed by atoms with Crippen LogP contribution >= 0.6 is 0 Å². The molecule has 3 fully saturated rings. The smallest absolute Gasteiger partial charge is 0.266 e. The second-order valence-electron chi connectivity index (χ2n) is 13.2. The van der Waals surface area contributed by atoms with Crippen LogP contribution in [0.2, 0.25) is 0 Å². The van der Waals surface area contributed by atoms with Crippen LogP contribution in [-0.2, 0) is 13.1 Å². The summed E-state index contributed by atoms with van der Waals surface area (Å²) in [6.45, 7) is 6.21. The van der Waals surface area contributed by atoms with Gasteiger partial charge < -0.3 is 15.5 Å². The van der Waals surface area contributed by atoms with E-state index in [4.69, 9.17) is 4.98 Å². The van der Waals surface area contributed by atoms with Crippen molar-refractivity contribution in [2.45, 2.75) is 63.7 Å². The third-order valence-corrected chi connectivity index (χ3v) is 9.73. The topological polar surface area (TPSA) is 108 Å². The number of benzene rings is 2. The summed E-state index contributed by atoms with van der Waals surface area (Å²) in [4.78, 5) is 44.7. The molecule has 2 saturated carbocycles. The van der Waals surface area contributed by atoms with E-state index in [1.807, 2.05) is 18.2 Å². The lowest BCUT2D eigenvalue weighted by Gasteiger charge is -2.42. The summed E-state index contributed by atoms with van der Waals surface area (Å²) in [5.41, 5.74) is 1.92. The fraction of sp³-hybridized carbons (Fsp3) is 0.457. The van der Waals surface area contributed by atoms with Crippen LogP contribution in [0, 0.1) is 17.6 Å². The van der Waals surface area contributed by atoms with E-state index >= 15 is 0 Å². The first-order valence-corrected chi connectivity index (χ1v) is 16.6. The molecule has 3 heterocycles. The van der Waals surface area contributed by atoms with Gasteiger partial charge in [-0.3, -0.25) is 24.0 Å². The zero-order valence-electron chi connectivity index (χ0n) is 26.4. The van der Waals surface area contributed by atoms with Gasteiger partial charge in [-0.05, 0) is 79.8 Å². The highest BCUT2D eigenvalue weighted by Crippen LogP contribution is 2.31. The first kappa shape index (κ1) is 31.3. The van der Waals surface area contributed by atoms with Crippen molar-refractivity contribution >= 4 is 22.8 Å². The first-order chi connectivity index (χ1) is 22.9. The average molecular weight is 643 g/mol. The van der Waals surface area contributed by atoms with Crippen LogP contribution in [0.3, 0.4) is 0 Å². The van der Waals surface area contributed by atoms with Gasteiger partial charge in [0, 0.05) is 57.5 Å². The number of anilines is 1. The van der Waals surface area contributed by atoms with E-state index in [0.717, 1.165) is 53.3 Å². The molecule has 2 aliphatic carbocycles. The Morgan fingerprint density at radius 3 is 2.43 bits per heavy atom. The van der Waals surface area contributed by atoms with Gasteiger partial charge in [0.15, 0.2) is 11.6 Å². The number of rotatable bonds is 10. The SMILES string of the molecule is O=C(NCc1ccc2ncc(N[C@H]3CC[C@H](N4CCN(CC5CC5)CC4)CC3)nc2c1)c1cncn(Cc2ccc(F)c(F)c2)c1=O. The number of nitrogens with zero attached hydrogens (tertiary/aromatic N) is 6. The van der Waals surface area contributed by atoms with Crippen LogP contribution in [0.5, 0.6) is 0 Å². The van der Waals surface area contributed by atoms with E-state index in [9.17, 15) is 18.4 Å². The number of amides is 1. The lowest BCUT2D eigenvalue weighted by Crippen LogP contribution is -2.51. The Hall–Kier alpha value is -4.29. The molecule has 1 saturated heterocycles. The molecule has 0 bridgehead atoms. The zero-order valence-corrected chi connectivity index (χ0v) is 26.4. The Kier molecular flexibility index (Phi) is 9.21. The van der Waals surface area contributed by atoms with Gasteiger partial charge in [-0.1, -0.05) is 12.1 Å². The monoisotopic (exact) mass is 642 g/mol. The minimum absolute atomic E-state index is 0.0527. The molecule has 0 spiro atoms. The zero-order chi connectivity index (χ0) is 32.3. The number of fused-ring (bicyclic) bond motifs is 1. The number of nitrogens with one attached hydrogen (secondary N) is 2. The molecular weight excluding hydrogens is 602 g/mol. The summed E-state index contributed by atoms with van der Waals surface area (Å²) in [6.07, 6.45) is 11.7. The second kappa shape index (κ2) is 13.8. The standard InChI is InChI=1S/C35H40F2N8O2/c36-29-9-3-25(15-30(29)37)21-45-22-38-18-28(35(45)47)34(46)40-17-24-4-10-31-32(16-24)42-33(19-39-31)41-26-5-7-27(8-6-26)44-13-11-43(12-14-44)20-23-1-2-23/h3-4,9-10,15-16,18-19,22-23,26-27H,1-2,5-8,11-14,17,20-21H2,(H,40,46)(H,41,42)/t26-,27-. The summed E-state index contributed by atoms with van der Waals surface area (Å²) in [5.74, 6) is -0.858. The van der Waals surface area contributed by atoms with Gasteiger partial charge >= 0.3 is 0 Å². The molecule has 2 N–H and O–H groups in total. The van der Waals surface area contributed by atoms with Crippen molar-refractivity contribution in [1.82, 2.24) is 34.6 Å². The van der Waals surface area contributed by atoms with Crippen LogP contribution in [0.25, 0.3) is 11.0 Å². The summed E-state index contributed by atoms with van der Waals surface area (Å²) in [7, 11) is 0. The molecule has 4 aromatic rings. The fourth-order valence-electron chi connectivity index (χ4n) is 6.84. The van der Waals surface area contributed by atoms with Crippen molar-refractivity contribution in [3.8, 4) is 0 Å². The number of halogens is 2. The van der Waals surface area contributed by atoms with Crippen molar-refractivity contribution in [2.75, 3.05) is 38.0 Å². The van der Waals surface area contributed by atoms with Gasteiger partial charge in [-0.15, -0.1) is 0 Å². The summed E-state index contributed by atoms with van der Waals surface area (Å²) < 4.78 is 28.1. The molecule has 246 valence electrons. The molecule has 10 nitrogen and oxygen atoms in total. The van der Waals surface area contributed by atoms with Crippen molar-refractivity contribution in [3.05, 3.63) is 93.8 Å². The van der Waals surface area contributed by atoms with Gasteiger partial charge in [-0.25, -0.2) is 18.7 Å². The predicted octanol–water partition coefficient (Wildman–Crippen LogP) is 4.19. The van der Waals surface area contributed by atoms with Crippen LogP contribution in [0.15, 0.2) is 59.9 Å². The quantitative estimate of drug-likeness (QED) is 0.265. The number of carbonyl (C=O) groups excluding carboxylic acids is 1. The van der Waals surface area contributed by atoms with E-state index < -0.39 is 23.1 Å². The normalized spacial score (nSPS) is 20.7. The third kappa shape index (κ3) is 7.65. The summed E-state index contributed by atoms with van der Waals surface area (Å²) in [6, 6.07) is 10.0. The first-order valence-electron chi connectivity index (χ1n) is 16.6. The Morgan fingerprint density at radius 2 is 1.66 bits per heavy atom. The lowest BCUT2D eigenvalue weighted by molar-refractivity contribution is 0.0752. The molecule has 2 aromatic heterocycles. The largest absolute Gasteiger partial charge is 0.366 e. The Balaban J connectivity index is 0.922. The molecule has 12 heteroatoms. The van der Waals surface area contributed by atoms with E-state index in [-0.39, 0.29) is 18.7 Å². The lowest BCUT2D eigenvalue weighted by atomic mass is 9.89. The van der Waals surface area contributed by atoms with Crippen molar-refractivity contribution < 1.29 is 13.6 Å². The Labute approximate surface area is 272 Å². The molecule has 47 heavy (non-hydrogen) atoms. The average Bonchev–Trinajstić information content (AvgIpc) is 3.91. The highest BCUT2D eigenvalue weighted by atomic mass is 19.2. The maximum absolute atomic E-state index is 13.6. The number of piperazine rings is 1. The van der Waals surface area contributed by atoms with Crippen LogP contribution < -0.4 is 16.2 Å². The summed E-state index contributed by atoms with van der Waals surface area (Å²) in [5, 5.41) is 6.39. The molecule has 3 aliphatic rings. The molecular formula is C35H40F2N8O2. The molecule has 7 rings (SSSR count). The third-order valence-electron chi connectivity index (χ3n) is 9.73. The van der Waals surface area contributed by atoms with Crippen molar-refractivity contribution in [3.63, 3.8) is 0 Å². The highest BCUT2D eigenvalue weighted by molar-refractivity contribution is 5.93. The maximum Gasteiger partial charge on any atom is 0.266 e. The molecule has 1 aliphatic heterocycles. The fourth-order valence-corrected chi connectivity index (χ4v) is 6.84. The second-order valence-corrected chi connectivity index (χ2v) is 13.2.